The van der Waals surface area contributed by atoms with Crippen LogP contribution in [0.5, 0.6) is 0 Å². The highest BCUT2D eigenvalue weighted by atomic mass is 16.5. The average Bonchev–Trinajstić information content (AvgIpc) is 3.11. The molecule has 10 heteroatoms. The van der Waals surface area contributed by atoms with Crippen LogP contribution in [0.25, 0.3) is 0 Å². The zero-order valence-corrected chi connectivity index (χ0v) is 32.8. The molecule has 51 heavy (non-hydrogen) atoms. The zero-order chi connectivity index (χ0) is 37.7. The van der Waals surface area contributed by atoms with Crippen molar-refractivity contribution in [1.82, 2.24) is 9.80 Å². The Labute approximate surface area is 310 Å². The van der Waals surface area contributed by atoms with Crippen LogP contribution < -0.4 is 0 Å². The van der Waals surface area contributed by atoms with Gasteiger partial charge in [-0.15, -0.1) is 0 Å². The normalized spacial score (nSPS) is 19.0. The fourth-order valence-electron chi connectivity index (χ4n) is 7.44. The van der Waals surface area contributed by atoms with E-state index in [1.807, 2.05) is 4.90 Å². The van der Waals surface area contributed by atoms with E-state index in [2.05, 4.69) is 23.5 Å². The molecule has 298 valence electrons. The molecule has 2 saturated heterocycles. The molecule has 4 atom stereocenters. The number of aliphatic hydroxyl groups is 2. The number of methoxy groups -OCH3 is 1. The lowest BCUT2D eigenvalue weighted by atomic mass is 9.94. The van der Waals surface area contributed by atoms with E-state index in [0.717, 1.165) is 142 Å². The second kappa shape index (κ2) is 30.3. The molecule has 10 nitrogen and oxygen atoms in total. The maximum Gasteiger partial charge on any atom is 0.305 e. The Morgan fingerprint density at radius 2 is 1.08 bits per heavy atom. The topological polar surface area (TPSA) is 145 Å². The fourth-order valence-corrected chi connectivity index (χ4v) is 7.44. The summed E-state index contributed by atoms with van der Waals surface area (Å²) >= 11 is 0. The first-order valence-corrected chi connectivity index (χ1v) is 20.9. The molecule has 0 aromatic rings. The van der Waals surface area contributed by atoms with Gasteiger partial charge in [0.05, 0.1) is 19.3 Å². The fraction of sp³-hybridized carbons (Fsp3) is 0.902. The van der Waals surface area contributed by atoms with Crippen molar-refractivity contribution < 1.29 is 39.2 Å². The van der Waals surface area contributed by atoms with Crippen molar-refractivity contribution >= 4 is 23.8 Å². The van der Waals surface area contributed by atoms with Crippen LogP contribution in [0.1, 0.15) is 194 Å². The largest absolute Gasteiger partial charge is 0.481 e. The summed E-state index contributed by atoms with van der Waals surface area (Å²) < 4.78 is 4.64. The summed E-state index contributed by atoms with van der Waals surface area (Å²) in [4.78, 5) is 50.2. The summed E-state index contributed by atoms with van der Waals surface area (Å²) in [6, 6.07) is 0.577. The van der Waals surface area contributed by atoms with Crippen LogP contribution in [0.2, 0.25) is 0 Å². The smallest absolute Gasteiger partial charge is 0.305 e. The van der Waals surface area contributed by atoms with E-state index in [-0.39, 0.29) is 42.5 Å². The molecule has 0 aromatic carbocycles. The van der Waals surface area contributed by atoms with Crippen molar-refractivity contribution in [3.05, 3.63) is 0 Å². The van der Waals surface area contributed by atoms with E-state index >= 15 is 0 Å². The van der Waals surface area contributed by atoms with Gasteiger partial charge in [0.25, 0.3) is 0 Å². The Kier molecular flexibility index (Phi) is 27.8. The average molecular weight is 725 g/mol. The lowest BCUT2D eigenvalue weighted by Crippen LogP contribution is -2.44. The third kappa shape index (κ3) is 23.2. The van der Waals surface area contributed by atoms with Gasteiger partial charge in [0.15, 0.2) is 0 Å². The summed E-state index contributed by atoms with van der Waals surface area (Å²) in [5, 5.41) is 28.9. The number of aliphatic hydroxyl groups excluding tert-OH is 2. The predicted octanol–water partition coefficient (Wildman–Crippen LogP) is 8.34. The monoisotopic (exact) mass is 725 g/mol. The van der Waals surface area contributed by atoms with Crippen molar-refractivity contribution in [3.8, 4) is 0 Å². The van der Waals surface area contributed by atoms with Gasteiger partial charge in [-0.25, -0.2) is 0 Å². The van der Waals surface area contributed by atoms with E-state index < -0.39 is 5.97 Å². The predicted molar refractivity (Wildman–Crippen MR) is 203 cm³/mol. The summed E-state index contributed by atoms with van der Waals surface area (Å²) in [6.45, 7) is 5.93. The van der Waals surface area contributed by atoms with Crippen LogP contribution in [-0.4, -0.2) is 93.4 Å². The highest BCUT2D eigenvalue weighted by Crippen LogP contribution is 2.25. The Morgan fingerprint density at radius 1 is 0.647 bits per heavy atom. The van der Waals surface area contributed by atoms with Gasteiger partial charge in [-0.3, -0.25) is 19.2 Å². The number of unbranched alkanes of at least 4 members (excludes halogenated alkanes) is 10. The number of carbonyl (C=O) groups is 4. The number of carboxylic acids is 1. The maximum atomic E-state index is 12.3. The first-order valence-electron chi connectivity index (χ1n) is 20.9. The number of esters is 1. The van der Waals surface area contributed by atoms with Gasteiger partial charge >= 0.3 is 11.9 Å². The number of ether oxygens (including phenoxy) is 1. The molecule has 2 aliphatic heterocycles. The molecule has 2 fully saturated rings. The van der Waals surface area contributed by atoms with Gasteiger partial charge < -0.3 is 29.9 Å². The number of piperidine rings is 2. The standard InChI is InChI=1S/C21H39NO4.C20H37NO4/c1-3-4-7-12-19(23)16-15-18-11-10-13-20(24)22(18)17-9-6-5-8-14-21(25)26-2;1-2-3-6-11-18(22)15-14-17-10-9-12-19(23)21(17)16-8-5-4-7-13-20(24)25/h18-19,23H,3-17H2,1-2H3;17-18,22H,2-16H2,1H3,(H,24,25)/t18-,19?;17-,18?/m11/s1. The van der Waals surface area contributed by atoms with Gasteiger partial charge in [-0.1, -0.05) is 78.1 Å². The lowest BCUT2D eigenvalue weighted by Gasteiger charge is -2.36. The number of amides is 2. The molecule has 2 amide bonds. The van der Waals surface area contributed by atoms with Crippen molar-refractivity contribution in [3.63, 3.8) is 0 Å². The minimum absolute atomic E-state index is 0.145. The van der Waals surface area contributed by atoms with Gasteiger partial charge in [-0.2, -0.15) is 0 Å². The highest BCUT2D eigenvalue weighted by molar-refractivity contribution is 5.77. The molecule has 2 aliphatic rings. The first kappa shape index (κ1) is 46.8. The second-order valence-electron chi connectivity index (χ2n) is 15.0. The molecule has 0 saturated carbocycles. The molecule has 0 spiro atoms. The van der Waals surface area contributed by atoms with Crippen molar-refractivity contribution in [2.24, 2.45) is 0 Å². The number of aliphatic carboxylic acids is 1. The zero-order valence-electron chi connectivity index (χ0n) is 32.8. The van der Waals surface area contributed by atoms with Crippen LogP contribution in [0, 0.1) is 0 Å². The molecule has 0 aromatic heterocycles. The molecule has 2 heterocycles. The van der Waals surface area contributed by atoms with Gasteiger partial charge in [0.2, 0.25) is 11.8 Å². The number of rotatable bonds is 28. The molecule has 0 aliphatic carbocycles. The van der Waals surface area contributed by atoms with Crippen molar-refractivity contribution in [2.75, 3.05) is 20.2 Å². The molecule has 0 radical (unpaired) electrons. The molecular formula is C41H76N2O8. The van der Waals surface area contributed by atoms with Crippen LogP contribution >= 0.6 is 0 Å². The number of likely N-dealkylation sites (tertiary alicyclic amines) is 2. The first-order chi connectivity index (χ1) is 24.6. The molecular weight excluding hydrogens is 648 g/mol. The third-order valence-corrected chi connectivity index (χ3v) is 10.6. The van der Waals surface area contributed by atoms with Gasteiger partial charge in [0.1, 0.15) is 0 Å². The number of carbonyl (C=O) groups excluding carboxylic acids is 3. The summed E-state index contributed by atoms with van der Waals surface area (Å²) in [6.07, 6.45) is 25.1. The Bertz CT molecular complexity index is 931. The van der Waals surface area contributed by atoms with Crippen molar-refractivity contribution in [1.29, 1.82) is 0 Å². The molecule has 0 bridgehead atoms. The highest BCUT2D eigenvalue weighted by Gasteiger charge is 2.29. The second-order valence-corrected chi connectivity index (χ2v) is 15.0. The number of hydrogen-bond acceptors (Lipinski definition) is 7. The van der Waals surface area contributed by atoms with Gasteiger partial charge in [0, 0.05) is 50.9 Å². The molecule has 2 rings (SSSR count). The van der Waals surface area contributed by atoms with E-state index in [4.69, 9.17) is 5.11 Å². The Balaban J connectivity index is 0.000000510. The summed E-state index contributed by atoms with van der Waals surface area (Å²) in [7, 11) is 1.42. The van der Waals surface area contributed by atoms with E-state index in [0.29, 0.717) is 25.3 Å². The Hall–Kier alpha value is -2.20. The SMILES string of the molecule is CCCCCC(O)CC[C@H]1CCCC(=O)N1CCCCCCC(=O)O.CCCCCC(O)CC[C@H]1CCCC(=O)N1CCCCCCC(=O)OC. The third-order valence-electron chi connectivity index (χ3n) is 10.6. The lowest BCUT2D eigenvalue weighted by molar-refractivity contribution is -0.141. The van der Waals surface area contributed by atoms with E-state index in [1.165, 1.54) is 32.8 Å². The minimum Gasteiger partial charge on any atom is -0.481 e. The summed E-state index contributed by atoms with van der Waals surface area (Å²) in [5.41, 5.74) is 0. The number of hydrogen-bond donors (Lipinski definition) is 3. The summed E-state index contributed by atoms with van der Waals surface area (Å²) in [5.74, 6) is -0.351. The molecule has 3 N–H and O–H groups in total. The number of nitrogens with zero attached hydrogens (tertiary/aromatic N) is 2. The minimum atomic E-state index is -0.733. The van der Waals surface area contributed by atoms with Crippen LogP contribution in [-0.2, 0) is 23.9 Å². The quantitative estimate of drug-likeness (QED) is 0.0540. The Morgan fingerprint density at radius 3 is 1.49 bits per heavy atom. The molecule has 2 unspecified atom stereocenters. The number of carboxylic acid groups (broad SMARTS) is 1. The maximum absolute atomic E-state index is 12.3. The van der Waals surface area contributed by atoms with Gasteiger partial charge in [-0.05, 0) is 89.9 Å². The van der Waals surface area contributed by atoms with Crippen LogP contribution in [0.3, 0.4) is 0 Å². The van der Waals surface area contributed by atoms with Crippen LogP contribution in [0.4, 0.5) is 0 Å². The van der Waals surface area contributed by atoms with Crippen LogP contribution in [0.15, 0.2) is 0 Å². The van der Waals surface area contributed by atoms with E-state index in [1.54, 1.807) is 0 Å². The van der Waals surface area contributed by atoms with E-state index in [9.17, 15) is 29.4 Å². The van der Waals surface area contributed by atoms with Crippen molar-refractivity contribution in [2.45, 2.75) is 218 Å².